The van der Waals surface area contributed by atoms with E-state index in [9.17, 15) is 27.6 Å². The minimum atomic E-state index is -4.54. The van der Waals surface area contributed by atoms with E-state index in [1.807, 2.05) is 0 Å². The second-order valence-corrected chi connectivity index (χ2v) is 7.28. The molecule has 11 heteroatoms. The summed E-state index contributed by atoms with van der Waals surface area (Å²) in [6.45, 7) is 0.166. The number of anilines is 1. The number of carboxylic acids is 1. The third kappa shape index (κ3) is 8.68. The molecule has 0 spiro atoms. The van der Waals surface area contributed by atoms with Crippen molar-refractivity contribution in [3.05, 3.63) is 29.8 Å². The SMILES string of the molecule is O=C(O)CCSSCCNC(=O)C(=O)Nc1cccc(C(F)(F)F)c1. The summed E-state index contributed by atoms with van der Waals surface area (Å²) in [5.74, 6) is -2.05. The van der Waals surface area contributed by atoms with Crippen LogP contribution in [0.1, 0.15) is 12.0 Å². The fourth-order valence-electron chi connectivity index (χ4n) is 1.49. The van der Waals surface area contributed by atoms with E-state index in [-0.39, 0.29) is 18.7 Å². The molecule has 0 bridgehead atoms. The summed E-state index contributed by atoms with van der Waals surface area (Å²) in [7, 11) is 2.67. The predicted molar refractivity (Wildman–Crippen MR) is 90.3 cm³/mol. The molecular weight excluding hydrogens is 381 g/mol. The summed E-state index contributed by atoms with van der Waals surface area (Å²) in [5, 5.41) is 12.9. The lowest BCUT2D eigenvalue weighted by atomic mass is 10.2. The summed E-state index contributed by atoms with van der Waals surface area (Å²) in [5.41, 5.74) is -1.06. The Balaban J connectivity index is 2.33. The average Bonchev–Trinajstić information content (AvgIpc) is 2.52. The van der Waals surface area contributed by atoms with Crippen molar-refractivity contribution < 1.29 is 32.7 Å². The Morgan fingerprint density at radius 3 is 2.40 bits per heavy atom. The molecule has 0 aliphatic rings. The lowest BCUT2D eigenvalue weighted by molar-refractivity contribution is -0.138. The fraction of sp³-hybridized carbons (Fsp3) is 0.357. The van der Waals surface area contributed by atoms with Gasteiger partial charge in [-0.25, -0.2) is 0 Å². The molecule has 0 aliphatic carbocycles. The van der Waals surface area contributed by atoms with Gasteiger partial charge in [-0.15, -0.1) is 0 Å². The van der Waals surface area contributed by atoms with Crippen LogP contribution in [-0.4, -0.2) is 40.9 Å². The van der Waals surface area contributed by atoms with Crippen LogP contribution in [0.25, 0.3) is 0 Å². The number of rotatable bonds is 8. The Morgan fingerprint density at radius 1 is 1.08 bits per heavy atom. The normalized spacial score (nSPS) is 11.0. The van der Waals surface area contributed by atoms with E-state index in [4.69, 9.17) is 5.11 Å². The third-order valence-electron chi connectivity index (χ3n) is 2.61. The number of amides is 2. The molecule has 1 aromatic carbocycles. The quantitative estimate of drug-likeness (QED) is 0.355. The van der Waals surface area contributed by atoms with Crippen LogP contribution in [-0.2, 0) is 20.6 Å². The van der Waals surface area contributed by atoms with Crippen molar-refractivity contribution in [2.45, 2.75) is 12.6 Å². The molecule has 0 aromatic heterocycles. The maximum absolute atomic E-state index is 12.6. The Kier molecular flexibility index (Phi) is 8.62. The van der Waals surface area contributed by atoms with Crippen LogP contribution in [0.2, 0.25) is 0 Å². The van der Waals surface area contributed by atoms with E-state index >= 15 is 0 Å². The first-order chi connectivity index (χ1) is 11.7. The number of hydrogen-bond acceptors (Lipinski definition) is 5. The van der Waals surface area contributed by atoms with Crippen molar-refractivity contribution in [2.24, 2.45) is 0 Å². The summed E-state index contributed by atoms with van der Waals surface area (Å²) in [6, 6.07) is 3.96. The van der Waals surface area contributed by atoms with E-state index in [0.717, 1.165) is 18.2 Å². The number of carboxylic acid groups (broad SMARTS) is 1. The highest BCUT2D eigenvalue weighted by molar-refractivity contribution is 8.76. The highest BCUT2D eigenvalue weighted by Gasteiger charge is 2.30. The standard InChI is InChI=1S/C14H15F3N2O4S2/c15-14(16,17)9-2-1-3-10(8-9)19-13(23)12(22)18-5-7-25-24-6-4-11(20)21/h1-3,8H,4-7H2,(H,18,22)(H,19,23)(H,20,21). The van der Waals surface area contributed by atoms with E-state index in [1.54, 1.807) is 0 Å². The van der Waals surface area contributed by atoms with Crippen molar-refractivity contribution in [2.75, 3.05) is 23.4 Å². The van der Waals surface area contributed by atoms with Gasteiger partial charge in [0.25, 0.3) is 0 Å². The number of nitrogens with one attached hydrogen (secondary N) is 2. The van der Waals surface area contributed by atoms with E-state index in [0.29, 0.717) is 11.5 Å². The summed E-state index contributed by atoms with van der Waals surface area (Å²) >= 11 is 0. The van der Waals surface area contributed by atoms with Gasteiger partial charge in [-0.05, 0) is 18.2 Å². The zero-order chi connectivity index (χ0) is 18.9. The molecule has 138 valence electrons. The summed E-state index contributed by atoms with van der Waals surface area (Å²) in [6.07, 6.45) is -4.51. The number of halogens is 3. The lowest BCUT2D eigenvalue weighted by Gasteiger charge is -2.10. The molecule has 0 saturated heterocycles. The molecular formula is C14H15F3N2O4S2. The summed E-state index contributed by atoms with van der Waals surface area (Å²) in [4.78, 5) is 33.5. The minimum Gasteiger partial charge on any atom is -0.481 e. The van der Waals surface area contributed by atoms with Crippen LogP contribution in [0.5, 0.6) is 0 Å². The Morgan fingerprint density at radius 2 is 1.76 bits per heavy atom. The first kappa shape index (κ1) is 21.2. The largest absolute Gasteiger partial charge is 0.481 e. The van der Waals surface area contributed by atoms with Crippen LogP contribution >= 0.6 is 21.6 Å². The third-order valence-corrected chi connectivity index (χ3v) is 5.02. The second-order valence-electron chi connectivity index (χ2n) is 4.58. The minimum absolute atomic E-state index is 0.0312. The molecule has 1 aromatic rings. The van der Waals surface area contributed by atoms with Crippen molar-refractivity contribution in [1.82, 2.24) is 5.32 Å². The highest BCUT2D eigenvalue weighted by atomic mass is 33.1. The average molecular weight is 396 g/mol. The van der Waals surface area contributed by atoms with Crippen molar-refractivity contribution in [3.8, 4) is 0 Å². The van der Waals surface area contributed by atoms with Gasteiger partial charge in [-0.1, -0.05) is 27.7 Å². The number of alkyl halides is 3. The molecule has 0 fully saturated rings. The monoisotopic (exact) mass is 396 g/mol. The molecule has 0 saturated carbocycles. The molecule has 25 heavy (non-hydrogen) atoms. The van der Waals surface area contributed by atoms with Crippen LogP contribution in [0.15, 0.2) is 24.3 Å². The first-order valence-corrected chi connectivity index (χ1v) is 9.41. The smallest absolute Gasteiger partial charge is 0.416 e. The summed E-state index contributed by atoms with van der Waals surface area (Å²) < 4.78 is 37.7. The van der Waals surface area contributed by atoms with Gasteiger partial charge in [0.05, 0.1) is 12.0 Å². The maximum atomic E-state index is 12.6. The molecule has 0 atom stereocenters. The van der Waals surface area contributed by atoms with Gasteiger partial charge in [-0.3, -0.25) is 14.4 Å². The van der Waals surface area contributed by atoms with Gasteiger partial charge in [0, 0.05) is 23.7 Å². The van der Waals surface area contributed by atoms with Crippen LogP contribution < -0.4 is 10.6 Å². The topological polar surface area (TPSA) is 95.5 Å². The molecule has 6 nitrogen and oxygen atoms in total. The zero-order valence-electron chi connectivity index (χ0n) is 12.8. The van der Waals surface area contributed by atoms with Gasteiger partial charge in [0.15, 0.2) is 0 Å². The van der Waals surface area contributed by atoms with Crippen molar-refractivity contribution in [1.29, 1.82) is 0 Å². The number of carbonyl (C=O) groups is 3. The van der Waals surface area contributed by atoms with Crippen LogP contribution in [0.4, 0.5) is 18.9 Å². The Bertz CT molecular complexity index is 626. The van der Waals surface area contributed by atoms with Crippen molar-refractivity contribution >= 4 is 45.1 Å². The Labute approximate surface area is 149 Å². The maximum Gasteiger partial charge on any atom is 0.416 e. The van der Waals surface area contributed by atoms with Crippen LogP contribution in [0, 0.1) is 0 Å². The molecule has 0 heterocycles. The number of carbonyl (C=O) groups excluding carboxylic acids is 2. The lowest BCUT2D eigenvalue weighted by Crippen LogP contribution is -2.36. The predicted octanol–water partition coefficient (Wildman–Crippen LogP) is 2.62. The number of benzene rings is 1. The fourth-order valence-corrected chi connectivity index (χ4v) is 3.38. The van der Waals surface area contributed by atoms with E-state index in [2.05, 4.69) is 10.6 Å². The number of aliphatic carboxylic acids is 1. The molecule has 2 amide bonds. The molecule has 3 N–H and O–H groups in total. The van der Waals surface area contributed by atoms with E-state index < -0.39 is 29.5 Å². The number of hydrogen-bond donors (Lipinski definition) is 3. The van der Waals surface area contributed by atoms with E-state index in [1.165, 1.54) is 27.7 Å². The molecule has 0 aliphatic heterocycles. The van der Waals surface area contributed by atoms with Gasteiger partial charge in [0.2, 0.25) is 0 Å². The van der Waals surface area contributed by atoms with Gasteiger partial charge >= 0.3 is 24.0 Å². The van der Waals surface area contributed by atoms with Crippen LogP contribution in [0.3, 0.4) is 0 Å². The van der Waals surface area contributed by atoms with Gasteiger partial charge in [0.1, 0.15) is 0 Å². The highest BCUT2D eigenvalue weighted by Crippen LogP contribution is 2.30. The molecule has 0 unspecified atom stereocenters. The Hall–Kier alpha value is -1.88. The van der Waals surface area contributed by atoms with Gasteiger partial charge in [-0.2, -0.15) is 13.2 Å². The molecule has 0 radical (unpaired) electrons. The van der Waals surface area contributed by atoms with Crippen molar-refractivity contribution in [3.63, 3.8) is 0 Å². The second kappa shape index (κ2) is 10.2. The molecule has 1 rings (SSSR count). The first-order valence-electron chi connectivity index (χ1n) is 6.93. The zero-order valence-corrected chi connectivity index (χ0v) is 14.4. The van der Waals surface area contributed by atoms with Gasteiger partial charge < -0.3 is 15.7 Å².